The van der Waals surface area contributed by atoms with Crippen molar-refractivity contribution in [2.45, 2.75) is 63.0 Å². The molecule has 4 aliphatic rings. The molecule has 0 unspecified atom stereocenters. The van der Waals surface area contributed by atoms with E-state index in [1.165, 1.54) is 54.2 Å². The van der Waals surface area contributed by atoms with Gasteiger partial charge in [0.15, 0.2) is 5.82 Å². The second-order valence-corrected chi connectivity index (χ2v) is 18.6. The van der Waals surface area contributed by atoms with Crippen molar-refractivity contribution in [3.05, 3.63) is 112 Å². The Balaban J connectivity index is 0.906. The molecule has 6 amide bonds. The normalized spacial score (nSPS) is 19.2. The molecule has 2 N–H and O–H groups in total. The molecule has 0 bridgehead atoms. The van der Waals surface area contributed by atoms with Crippen molar-refractivity contribution in [1.82, 2.24) is 39.7 Å². The Morgan fingerprint density at radius 1 is 0.899 bits per heavy atom. The SMILES string of the molecule is CN(C)C(=O)c1cc2c(-c3cc(F)c(C4CCN([C@@H]5CCN(C(=O)c6ccc(Cl)c(N7CCC(=O)NC7=O)c6)CC5(F)F)CC4)cc3F)cc(C3=CCCN(C(=O)CCn4cccn4)C3)c(F)c2[nH]1. The van der Waals surface area contributed by atoms with Crippen LogP contribution >= 0.6 is 11.6 Å². The first kappa shape index (κ1) is 47.5. The number of hydrogen-bond donors (Lipinski definition) is 2. The maximum absolute atomic E-state index is 16.6. The first-order valence-corrected chi connectivity index (χ1v) is 23.2. The number of aryl methyl sites for hydroxylation is 1. The van der Waals surface area contributed by atoms with Crippen molar-refractivity contribution < 1.29 is 45.9 Å². The zero-order chi connectivity index (χ0) is 48.9. The van der Waals surface area contributed by atoms with Gasteiger partial charge in [0.1, 0.15) is 17.3 Å². The van der Waals surface area contributed by atoms with Gasteiger partial charge < -0.3 is 19.7 Å². The van der Waals surface area contributed by atoms with E-state index in [1.807, 2.05) is 6.08 Å². The van der Waals surface area contributed by atoms with E-state index in [-0.39, 0.29) is 126 Å². The number of hydrogen-bond acceptors (Lipinski definition) is 7. The minimum atomic E-state index is -3.32. The zero-order valence-electron chi connectivity index (χ0n) is 37.8. The molecule has 0 radical (unpaired) electrons. The molecule has 9 rings (SSSR count). The number of anilines is 1. The highest BCUT2D eigenvalue weighted by molar-refractivity contribution is 6.34. The van der Waals surface area contributed by atoms with E-state index in [2.05, 4.69) is 15.4 Å². The average Bonchev–Trinajstić information content (AvgIpc) is 4.03. The number of amides is 6. The minimum absolute atomic E-state index is 0.0156. The molecule has 20 heteroatoms. The Morgan fingerprint density at radius 3 is 2.39 bits per heavy atom. The summed E-state index contributed by atoms with van der Waals surface area (Å²) in [6, 6.07) is 8.99. The number of piperidine rings is 2. The number of alkyl halides is 2. The fourth-order valence-electron chi connectivity index (χ4n) is 10.0. The molecule has 3 saturated heterocycles. The van der Waals surface area contributed by atoms with Crippen LogP contribution in [0.1, 0.15) is 76.4 Å². The lowest BCUT2D eigenvalue weighted by Gasteiger charge is -2.45. The first-order chi connectivity index (χ1) is 33.0. The summed E-state index contributed by atoms with van der Waals surface area (Å²) in [6.45, 7) is 0.348. The fourth-order valence-corrected chi connectivity index (χ4v) is 10.2. The van der Waals surface area contributed by atoms with E-state index in [9.17, 15) is 24.0 Å². The van der Waals surface area contributed by atoms with Crippen molar-refractivity contribution in [3.8, 4) is 11.1 Å². The Labute approximate surface area is 398 Å². The Bertz CT molecular complexity index is 2900. The maximum Gasteiger partial charge on any atom is 0.328 e. The third kappa shape index (κ3) is 9.45. The van der Waals surface area contributed by atoms with E-state index in [0.717, 1.165) is 17.0 Å². The summed E-state index contributed by atoms with van der Waals surface area (Å²) in [5.74, 6) is -7.81. The molecule has 69 heavy (non-hydrogen) atoms. The molecule has 0 spiro atoms. The minimum Gasteiger partial charge on any atom is -0.348 e. The van der Waals surface area contributed by atoms with E-state index >= 15 is 22.0 Å². The highest BCUT2D eigenvalue weighted by Gasteiger charge is 2.49. The maximum atomic E-state index is 16.6. The Morgan fingerprint density at radius 2 is 1.68 bits per heavy atom. The summed E-state index contributed by atoms with van der Waals surface area (Å²) in [7, 11) is 3.06. The van der Waals surface area contributed by atoms with Crippen LogP contribution in [0.25, 0.3) is 27.6 Å². The molecule has 6 heterocycles. The van der Waals surface area contributed by atoms with Crippen molar-refractivity contribution in [1.29, 1.82) is 0 Å². The number of carbonyl (C=O) groups is 5. The molecule has 1 atom stereocenters. The molecule has 3 aromatic carbocycles. The fraction of sp³-hybridized carbons (Fsp3) is 0.388. The predicted octanol–water partition coefficient (Wildman–Crippen LogP) is 7.69. The number of aromatic nitrogens is 3. The number of carbonyl (C=O) groups excluding carboxylic acids is 5. The standard InChI is InChI=1S/C49H49ClF5N9O5/c1-59(2)47(68)39-25-35-33(22-32(44(53)45(35)57-39)30-5-3-14-61(26-30)43(66)12-19-63-15-4-13-56-63)34-24-37(51)31(23-38(34)52)28-8-16-60(17-9-28)41-10-18-62(27-49(41,54)55)46(67)29-6-7-36(50)40(21-29)64-20-11-42(65)58-48(64)69/h4-7,13,15,21-25,28,41,57H,3,8-12,14,16-20,26-27H2,1-2H3,(H,58,65,69)/t41-/m1/s1. The van der Waals surface area contributed by atoms with Gasteiger partial charge >= 0.3 is 6.03 Å². The largest absolute Gasteiger partial charge is 0.348 e. The van der Waals surface area contributed by atoms with Gasteiger partial charge in [-0.05, 0) is 110 Å². The molecule has 362 valence electrons. The molecule has 3 fully saturated rings. The molecule has 5 aromatic rings. The molecule has 0 aliphatic carbocycles. The van der Waals surface area contributed by atoms with E-state index in [1.54, 1.807) is 32.9 Å². The van der Waals surface area contributed by atoms with E-state index in [0.29, 0.717) is 25.1 Å². The molecule has 2 aromatic heterocycles. The molecule has 14 nitrogen and oxygen atoms in total. The van der Waals surface area contributed by atoms with E-state index in [4.69, 9.17) is 11.6 Å². The summed E-state index contributed by atoms with van der Waals surface area (Å²) in [6.07, 6.45) is 6.25. The zero-order valence-corrected chi connectivity index (χ0v) is 38.6. The van der Waals surface area contributed by atoms with Crippen LogP contribution in [-0.2, 0) is 16.1 Å². The quantitative estimate of drug-likeness (QED) is 0.137. The summed E-state index contributed by atoms with van der Waals surface area (Å²) in [5.41, 5.74) is 0.752. The van der Waals surface area contributed by atoms with Gasteiger partial charge in [-0.15, -0.1) is 0 Å². The van der Waals surface area contributed by atoms with Crippen molar-refractivity contribution >= 4 is 63.4 Å². The van der Waals surface area contributed by atoms with Crippen LogP contribution in [0, 0.1) is 17.5 Å². The number of nitrogens with zero attached hydrogens (tertiary/aromatic N) is 7. The van der Waals surface area contributed by atoms with Crippen LogP contribution in [0.15, 0.2) is 67.0 Å². The smallest absolute Gasteiger partial charge is 0.328 e. The lowest BCUT2D eigenvalue weighted by Crippen LogP contribution is -2.60. The van der Waals surface area contributed by atoms with Gasteiger partial charge in [0.05, 0.1) is 28.8 Å². The van der Waals surface area contributed by atoms with Gasteiger partial charge in [-0.2, -0.15) is 5.10 Å². The molecule has 0 saturated carbocycles. The Hall–Kier alpha value is -6.60. The number of imide groups is 1. The monoisotopic (exact) mass is 973 g/mol. The summed E-state index contributed by atoms with van der Waals surface area (Å²) in [4.78, 5) is 73.8. The third-order valence-corrected chi connectivity index (χ3v) is 13.9. The van der Waals surface area contributed by atoms with Gasteiger partial charge in [-0.25, -0.2) is 26.7 Å². The number of aromatic amines is 1. The predicted molar refractivity (Wildman–Crippen MR) is 247 cm³/mol. The second-order valence-electron chi connectivity index (χ2n) is 18.2. The highest BCUT2D eigenvalue weighted by atomic mass is 35.5. The van der Waals surface area contributed by atoms with Gasteiger partial charge in [0.2, 0.25) is 11.8 Å². The van der Waals surface area contributed by atoms with Crippen LogP contribution < -0.4 is 10.2 Å². The van der Waals surface area contributed by atoms with Gasteiger partial charge in [0.25, 0.3) is 17.7 Å². The number of benzene rings is 3. The molecule has 4 aliphatic heterocycles. The number of fused-ring (bicyclic) bond motifs is 1. The van der Waals surface area contributed by atoms with Crippen LogP contribution in [0.4, 0.5) is 32.4 Å². The second kappa shape index (κ2) is 19.1. The van der Waals surface area contributed by atoms with Crippen molar-refractivity contribution in [3.63, 3.8) is 0 Å². The molecular weight excluding hydrogens is 925 g/mol. The highest BCUT2D eigenvalue weighted by Crippen LogP contribution is 2.42. The van der Waals surface area contributed by atoms with Gasteiger partial charge in [-0.3, -0.25) is 39.0 Å². The number of likely N-dealkylation sites (tertiary alicyclic amines) is 2. The van der Waals surface area contributed by atoms with Crippen LogP contribution in [0.3, 0.4) is 0 Å². The number of H-pyrrole nitrogens is 1. The Kier molecular flexibility index (Phi) is 13.1. The third-order valence-electron chi connectivity index (χ3n) is 13.6. The number of nitrogens with one attached hydrogen (secondary N) is 2. The summed E-state index contributed by atoms with van der Waals surface area (Å²) in [5, 5.41) is 6.64. The lowest BCUT2D eigenvalue weighted by molar-refractivity contribution is -0.131. The van der Waals surface area contributed by atoms with E-state index < -0.39 is 65.6 Å². The van der Waals surface area contributed by atoms with Crippen LogP contribution in [-0.4, -0.2) is 136 Å². The van der Waals surface area contributed by atoms with Gasteiger partial charge in [0, 0.05) is 94.1 Å². The number of halogens is 6. The number of rotatable bonds is 10. The topological polar surface area (TPSA) is 147 Å². The molecular formula is C49H49ClF5N9O5. The van der Waals surface area contributed by atoms with Gasteiger partial charge in [-0.1, -0.05) is 17.7 Å². The summed E-state index contributed by atoms with van der Waals surface area (Å²) >= 11 is 6.34. The summed E-state index contributed by atoms with van der Waals surface area (Å²) < 4.78 is 83.3. The number of urea groups is 1. The lowest BCUT2D eigenvalue weighted by atomic mass is 9.85. The first-order valence-electron chi connectivity index (χ1n) is 22.8. The average molecular weight is 974 g/mol. The van der Waals surface area contributed by atoms with Crippen molar-refractivity contribution in [2.24, 2.45) is 0 Å². The van der Waals surface area contributed by atoms with Crippen LogP contribution in [0.5, 0.6) is 0 Å². The van der Waals surface area contributed by atoms with Crippen LogP contribution in [0.2, 0.25) is 5.02 Å². The van der Waals surface area contributed by atoms with Crippen molar-refractivity contribution in [2.75, 3.05) is 64.8 Å².